The molecule has 0 fully saturated rings. The number of guanidine groups is 1. The SMILES string of the molecule is CCCCOc1cccc(CNC(=NC)NCCCCSC)c1.I. The van der Waals surface area contributed by atoms with Crippen LogP contribution in [-0.4, -0.2) is 38.2 Å². The second kappa shape index (κ2) is 15.9. The third-order valence-corrected chi connectivity index (χ3v) is 4.11. The summed E-state index contributed by atoms with van der Waals surface area (Å²) in [7, 11) is 1.81. The molecule has 2 N–H and O–H groups in total. The lowest BCUT2D eigenvalue weighted by Crippen LogP contribution is -2.37. The Labute approximate surface area is 168 Å². The standard InChI is InChI=1S/C18H31N3OS.HI/c1-4-5-12-22-17-10-8-9-16(14-17)15-21-18(19-2)20-11-6-7-13-23-3;/h8-10,14H,4-7,11-13,15H2,1-3H3,(H2,19,20,21);1H. The Morgan fingerprint density at radius 3 is 2.75 bits per heavy atom. The van der Waals surface area contributed by atoms with E-state index in [1.807, 2.05) is 30.9 Å². The van der Waals surface area contributed by atoms with Crippen molar-refractivity contribution in [2.24, 2.45) is 4.99 Å². The lowest BCUT2D eigenvalue weighted by Gasteiger charge is -2.12. The zero-order valence-electron chi connectivity index (χ0n) is 15.1. The Morgan fingerprint density at radius 1 is 1.21 bits per heavy atom. The topological polar surface area (TPSA) is 45.6 Å². The van der Waals surface area contributed by atoms with Crippen molar-refractivity contribution in [2.75, 3.05) is 32.2 Å². The average molecular weight is 465 g/mol. The fourth-order valence-electron chi connectivity index (χ4n) is 2.06. The number of hydrogen-bond donors (Lipinski definition) is 2. The second-order valence-electron chi connectivity index (χ2n) is 5.40. The molecule has 0 saturated carbocycles. The van der Waals surface area contributed by atoms with E-state index in [9.17, 15) is 0 Å². The van der Waals surface area contributed by atoms with Crippen molar-refractivity contribution in [2.45, 2.75) is 39.2 Å². The first-order valence-corrected chi connectivity index (χ1v) is 9.84. The number of ether oxygens (including phenoxy) is 1. The van der Waals surface area contributed by atoms with Crippen molar-refractivity contribution in [3.63, 3.8) is 0 Å². The van der Waals surface area contributed by atoms with Gasteiger partial charge in [0.05, 0.1) is 6.61 Å². The number of hydrogen-bond acceptors (Lipinski definition) is 3. The molecule has 0 atom stereocenters. The predicted molar refractivity (Wildman–Crippen MR) is 118 cm³/mol. The Balaban J connectivity index is 0.00000529. The molecule has 0 aliphatic rings. The van der Waals surface area contributed by atoms with Gasteiger partial charge in [-0.25, -0.2) is 0 Å². The van der Waals surface area contributed by atoms with Crippen LogP contribution in [0.2, 0.25) is 0 Å². The summed E-state index contributed by atoms with van der Waals surface area (Å²) in [4.78, 5) is 4.26. The van der Waals surface area contributed by atoms with Gasteiger partial charge < -0.3 is 15.4 Å². The molecule has 0 spiro atoms. The molecule has 0 unspecified atom stereocenters. The monoisotopic (exact) mass is 465 g/mol. The van der Waals surface area contributed by atoms with E-state index in [0.29, 0.717) is 0 Å². The lowest BCUT2D eigenvalue weighted by atomic mass is 10.2. The van der Waals surface area contributed by atoms with Gasteiger partial charge in [-0.1, -0.05) is 25.5 Å². The van der Waals surface area contributed by atoms with Gasteiger partial charge in [0.2, 0.25) is 0 Å². The Kier molecular flexibility index (Phi) is 15.5. The number of unbranched alkanes of at least 4 members (excludes halogenated alkanes) is 2. The van der Waals surface area contributed by atoms with Crippen LogP contribution >= 0.6 is 35.7 Å². The highest BCUT2D eigenvalue weighted by molar-refractivity contribution is 14.0. The summed E-state index contributed by atoms with van der Waals surface area (Å²) < 4.78 is 5.75. The van der Waals surface area contributed by atoms with Crippen LogP contribution in [0.1, 0.15) is 38.2 Å². The normalized spacial score (nSPS) is 10.9. The van der Waals surface area contributed by atoms with E-state index in [1.54, 1.807) is 0 Å². The molecule has 1 rings (SSSR count). The molecule has 24 heavy (non-hydrogen) atoms. The molecule has 0 aliphatic carbocycles. The maximum absolute atomic E-state index is 5.75. The first-order chi connectivity index (χ1) is 11.3. The van der Waals surface area contributed by atoms with Crippen molar-refractivity contribution in [3.8, 4) is 5.75 Å². The molecular formula is C18H32IN3OS. The van der Waals surface area contributed by atoms with Gasteiger partial charge in [-0.15, -0.1) is 24.0 Å². The van der Waals surface area contributed by atoms with Gasteiger partial charge in [0.1, 0.15) is 5.75 Å². The van der Waals surface area contributed by atoms with Gasteiger partial charge in [0.15, 0.2) is 5.96 Å². The third kappa shape index (κ3) is 11.0. The molecule has 138 valence electrons. The van der Waals surface area contributed by atoms with E-state index < -0.39 is 0 Å². The van der Waals surface area contributed by atoms with Gasteiger partial charge in [0.25, 0.3) is 0 Å². The molecule has 0 aromatic heterocycles. The molecule has 0 radical (unpaired) electrons. The first-order valence-electron chi connectivity index (χ1n) is 8.45. The van der Waals surface area contributed by atoms with Crippen LogP contribution in [-0.2, 0) is 6.54 Å². The lowest BCUT2D eigenvalue weighted by molar-refractivity contribution is 0.309. The third-order valence-electron chi connectivity index (χ3n) is 3.42. The maximum Gasteiger partial charge on any atom is 0.191 e. The molecule has 4 nitrogen and oxygen atoms in total. The van der Waals surface area contributed by atoms with Gasteiger partial charge in [-0.2, -0.15) is 11.8 Å². The van der Waals surface area contributed by atoms with Crippen molar-refractivity contribution >= 4 is 41.7 Å². The highest BCUT2D eigenvalue weighted by Gasteiger charge is 2.00. The van der Waals surface area contributed by atoms with Crippen molar-refractivity contribution in [3.05, 3.63) is 29.8 Å². The second-order valence-corrected chi connectivity index (χ2v) is 6.39. The minimum absolute atomic E-state index is 0. The van der Waals surface area contributed by atoms with E-state index in [2.05, 4.69) is 40.9 Å². The summed E-state index contributed by atoms with van der Waals surface area (Å²) >= 11 is 1.90. The molecule has 0 saturated heterocycles. The number of aliphatic imine (C=N–C) groups is 1. The zero-order chi connectivity index (χ0) is 16.8. The molecule has 1 aromatic rings. The number of nitrogens with zero attached hydrogens (tertiary/aromatic N) is 1. The molecule has 0 bridgehead atoms. The minimum Gasteiger partial charge on any atom is -0.494 e. The summed E-state index contributed by atoms with van der Waals surface area (Å²) in [5.74, 6) is 3.02. The molecular weight excluding hydrogens is 433 g/mol. The Hall–Kier alpha value is -0.630. The molecule has 1 aromatic carbocycles. The Bertz CT molecular complexity index is 458. The highest BCUT2D eigenvalue weighted by atomic mass is 127. The van der Waals surface area contributed by atoms with E-state index >= 15 is 0 Å². The van der Waals surface area contributed by atoms with Crippen LogP contribution in [0.3, 0.4) is 0 Å². The Morgan fingerprint density at radius 2 is 2.04 bits per heavy atom. The molecule has 0 amide bonds. The van der Waals surface area contributed by atoms with Crippen LogP contribution in [0.25, 0.3) is 0 Å². The van der Waals surface area contributed by atoms with Crippen LogP contribution in [0.5, 0.6) is 5.75 Å². The number of thioether (sulfide) groups is 1. The predicted octanol–water partition coefficient (Wildman–Crippen LogP) is 4.29. The average Bonchev–Trinajstić information content (AvgIpc) is 2.58. The minimum atomic E-state index is 0. The summed E-state index contributed by atoms with van der Waals surface area (Å²) in [6, 6.07) is 8.24. The smallest absolute Gasteiger partial charge is 0.191 e. The zero-order valence-corrected chi connectivity index (χ0v) is 18.3. The van der Waals surface area contributed by atoms with Crippen LogP contribution in [0.15, 0.2) is 29.3 Å². The fourth-order valence-corrected chi connectivity index (χ4v) is 2.56. The fraction of sp³-hybridized carbons (Fsp3) is 0.611. The molecule has 6 heteroatoms. The van der Waals surface area contributed by atoms with Gasteiger partial charge >= 0.3 is 0 Å². The van der Waals surface area contributed by atoms with Crippen molar-refractivity contribution in [1.82, 2.24) is 10.6 Å². The quantitative estimate of drug-likeness (QED) is 0.222. The summed E-state index contributed by atoms with van der Waals surface area (Å²) in [5.41, 5.74) is 1.20. The number of halogens is 1. The van der Waals surface area contributed by atoms with Crippen molar-refractivity contribution in [1.29, 1.82) is 0 Å². The van der Waals surface area contributed by atoms with Crippen LogP contribution < -0.4 is 15.4 Å². The van der Waals surface area contributed by atoms with E-state index in [1.165, 1.54) is 24.2 Å². The van der Waals surface area contributed by atoms with E-state index in [-0.39, 0.29) is 24.0 Å². The first kappa shape index (κ1) is 23.4. The highest BCUT2D eigenvalue weighted by Crippen LogP contribution is 2.13. The van der Waals surface area contributed by atoms with Crippen LogP contribution in [0, 0.1) is 0 Å². The molecule has 0 heterocycles. The number of benzene rings is 1. The van der Waals surface area contributed by atoms with E-state index in [4.69, 9.17) is 4.74 Å². The van der Waals surface area contributed by atoms with Gasteiger partial charge in [-0.05, 0) is 49.0 Å². The van der Waals surface area contributed by atoms with Gasteiger partial charge in [-0.3, -0.25) is 4.99 Å². The number of rotatable bonds is 11. The summed E-state index contributed by atoms with van der Waals surface area (Å²) in [6.45, 7) is 4.66. The van der Waals surface area contributed by atoms with Gasteiger partial charge in [0, 0.05) is 20.1 Å². The largest absolute Gasteiger partial charge is 0.494 e. The van der Waals surface area contributed by atoms with E-state index in [0.717, 1.165) is 44.2 Å². The maximum atomic E-state index is 5.75. The summed E-state index contributed by atoms with van der Waals surface area (Å²) in [6.07, 6.45) is 6.80. The molecule has 0 aliphatic heterocycles. The number of nitrogens with one attached hydrogen (secondary N) is 2. The summed E-state index contributed by atoms with van der Waals surface area (Å²) in [5, 5.41) is 6.70. The van der Waals surface area contributed by atoms with Crippen molar-refractivity contribution < 1.29 is 4.74 Å². The van der Waals surface area contributed by atoms with Crippen LogP contribution in [0.4, 0.5) is 0 Å².